The van der Waals surface area contributed by atoms with Crippen LogP contribution in [0, 0.1) is 5.92 Å². The van der Waals surface area contributed by atoms with Gasteiger partial charge in [0.05, 0.1) is 17.6 Å². The Balaban J connectivity index is 2.78. The Morgan fingerprint density at radius 3 is 1.93 bits per heavy atom. The summed E-state index contributed by atoms with van der Waals surface area (Å²) in [6.07, 6.45) is 6.70. The van der Waals surface area contributed by atoms with E-state index in [4.69, 9.17) is 4.74 Å². The fourth-order valence-corrected chi connectivity index (χ4v) is 12.4. The van der Waals surface area contributed by atoms with Gasteiger partial charge in [-0.15, -0.1) is 0 Å². The minimum absolute atomic E-state index is 0.205. The highest BCUT2D eigenvalue weighted by Crippen LogP contribution is 2.49. The molecule has 2 rings (SSSR count). The molecule has 0 saturated heterocycles. The molecule has 166 valence electrons. The number of esters is 1. The molecule has 0 bridgehead atoms. The SMILES string of the molecule is CCOC(=O)C1=CN([Si](C(C)C)(C(C)C)C(C)C)C=CC1(c1ccccc1)C(C)C. The van der Waals surface area contributed by atoms with Crippen molar-refractivity contribution < 1.29 is 9.53 Å². The van der Waals surface area contributed by atoms with Crippen LogP contribution in [0.4, 0.5) is 0 Å². The summed E-state index contributed by atoms with van der Waals surface area (Å²) in [7, 11) is -1.97. The van der Waals surface area contributed by atoms with Crippen molar-refractivity contribution in [1.29, 1.82) is 0 Å². The Morgan fingerprint density at radius 1 is 0.967 bits per heavy atom. The third-order valence-electron chi connectivity index (χ3n) is 7.09. The van der Waals surface area contributed by atoms with Crippen molar-refractivity contribution in [2.24, 2.45) is 5.92 Å². The van der Waals surface area contributed by atoms with Crippen LogP contribution in [0.1, 0.15) is 67.9 Å². The zero-order valence-electron chi connectivity index (χ0n) is 20.4. The summed E-state index contributed by atoms with van der Waals surface area (Å²) in [5, 5.41) is 0. The van der Waals surface area contributed by atoms with E-state index in [1.54, 1.807) is 0 Å². The van der Waals surface area contributed by atoms with E-state index in [1.807, 2.05) is 13.0 Å². The maximum Gasteiger partial charge on any atom is 0.336 e. The van der Waals surface area contributed by atoms with Crippen LogP contribution < -0.4 is 0 Å². The number of ether oxygens (including phenoxy) is 1. The van der Waals surface area contributed by atoms with Crippen LogP contribution in [-0.4, -0.2) is 25.4 Å². The first-order valence-electron chi connectivity index (χ1n) is 11.5. The molecule has 1 aromatic rings. The molecule has 1 aliphatic heterocycles. The van der Waals surface area contributed by atoms with E-state index >= 15 is 0 Å². The molecule has 1 atom stereocenters. The molecule has 4 heteroatoms. The second kappa shape index (κ2) is 9.55. The van der Waals surface area contributed by atoms with Gasteiger partial charge in [-0.1, -0.05) is 91.8 Å². The first kappa shape index (κ1) is 24.5. The van der Waals surface area contributed by atoms with E-state index < -0.39 is 13.7 Å². The molecular weight excluding hydrogens is 386 g/mol. The highest BCUT2D eigenvalue weighted by Gasteiger charge is 2.51. The minimum atomic E-state index is -1.97. The van der Waals surface area contributed by atoms with Gasteiger partial charge in [-0.2, -0.15) is 0 Å². The van der Waals surface area contributed by atoms with Crippen LogP contribution in [0.5, 0.6) is 0 Å². The average molecular weight is 428 g/mol. The maximum atomic E-state index is 13.3. The fourth-order valence-electron chi connectivity index (χ4n) is 5.94. The van der Waals surface area contributed by atoms with Crippen molar-refractivity contribution in [3.8, 4) is 0 Å². The van der Waals surface area contributed by atoms with Crippen LogP contribution >= 0.6 is 0 Å². The number of benzene rings is 1. The Kier molecular flexibility index (Phi) is 7.78. The summed E-state index contributed by atoms with van der Waals surface area (Å²) in [6, 6.07) is 10.4. The van der Waals surface area contributed by atoms with Crippen LogP contribution in [0.2, 0.25) is 16.6 Å². The summed E-state index contributed by atoms with van der Waals surface area (Å²) < 4.78 is 8.05. The summed E-state index contributed by atoms with van der Waals surface area (Å²) in [5.74, 6) is 0.00532. The second-order valence-corrected chi connectivity index (χ2v) is 15.5. The van der Waals surface area contributed by atoms with Gasteiger partial charge in [0.1, 0.15) is 0 Å². The van der Waals surface area contributed by atoms with E-state index in [0.717, 1.165) is 11.1 Å². The lowest BCUT2D eigenvalue weighted by Crippen LogP contribution is -2.57. The van der Waals surface area contributed by atoms with Crippen LogP contribution in [0.25, 0.3) is 0 Å². The van der Waals surface area contributed by atoms with E-state index in [1.165, 1.54) is 0 Å². The van der Waals surface area contributed by atoms with Gasteiger partial charge in [-0.3, -0.25) is 0 Å². The standard InChI is InChI=1S/C26H41NO2Si/c1-10-29-25(28)24-18-27(30(20(4)5,21(6)7)22(8)9)17-16-26(24,19(2)3)23-14-12-11-13-15-23/h11-22H,10H2,1-9H3. The van der Waals surface area contributed by atoms with E-state index in [0.29, 0.717) is 23.2 Å². The molecule has 1 heterocycles. The molecule has 0 fully saturated rings. The van der Waals surface area contributed by atoms with Gasteiger partial charge in [-0.05, 0) is 41.2 Å². The molecule has 0 N–H and O–H groups in total. The lowest BCUT2D eigenvalue weighted by Gasteiger charge is -2.52. The van der Waals surface area contributed by atoms with Crippen LogP contribution in [0.15, 0.2) is 54.4 Å². The van der Waals surface area contributed by atoms with E-state index in [2.05, 4.69) is 103 Å². The molecule has 0 aliphatic carbocycles. The van der Waals surface area contributed by atoms with Gasteiger partial charge in [-0.25, -0.2) is 4.79 Å². The van der Waals surface area contributed by atoms with Crippen molar-refractivity contribution in [3.05, 3.63) is 59.9 Å². The summed E-state index contributed by atoms with van der Waals surface area (Å²) in [5.41, 5.74) is 3.04. The smallest absolute Gasteiger partial charge is 0.336 e. The molecule has 1 aromatic carbocycles. The number of nitrogens with zero attached hydrogens (tertiary/aromatic N) is 1. The predicted octanol–water partition coefficient (Wildman–Crippen LogP) is 7.03. The number of carbonyl (C=O) groups is 1. The van der Waals surface area contributed by atoms with E-state index in [-0.39, 0.29) is 11.9 Å². The quantitative estimate of drug-likeness (QED) is 0.329. The van der Waals surface area contributed by atoms with Crippen molar-refractivity contribution in [2.75, 3.05) is 6.61 Å². The highest BCUT2D eigenvalue weighted by molar-refractivity contribution is 6.81. The normalized spacial score (nSPS) is 19.8. The topological polar surface area (TPSA) is 29.5 Å². The first-order chi connectivity index (χ1) is 14.1. The minimum Gasteiger partial charge on any atom is -0.463 e. The average Bonchev–Trinajstić information content (AvgIpc) is 2.68. The van der Waals surface area contributed by atoms with Crippen molar-refractivity contribution >= 4 is 14.2 Å². The molecule has 0 saturated carbocycles. The molecule has 3 nitrogen and oxygen atoms in total. The molecule has 1 aliphatic rings. The third kappa shape index (κ3) is 3.91. The van der Waals surface area contributed by atoms with Gasteiger partial charge in [0.15, 0.2) is 8.24 Å². The van der Waals surface area contributed by atoms with Gasteiger partial charge in [0.25, 0.3) is 0 Å². The zero-order chi connectivity index (χ0) is 22.7. The van der Waals surface area contributed by atoms with Crippen LogP contribution in [-0.2, 0) is 14.9 Å². The van der Waals surface area contributed by atoms with Crippen molar-refractivity contribution in [3.63, 3.8) is 0 Å². The first-order valence-corrected chi connectivity index (χ1v) is 13.7. The van der Waals surface area contributed by atoms with Gasteiger partial charge >= 0.3 is 5.97 Å². The Bertz CT molecular complexity index is 758. The molecule has 0 spiro atoms. The number of hydrogen-bond donors (Lipinski definition) is 0. The third-order valence-corrected chi connectivity index (χ3v) is 13.8. The molecule has 1 unspecified atom stereocenters. The highest BCUT2D eigenvalue weighted by atomic mass is 28.3. The van der Waals surface area contributed by atoms with Gasteiger partial charge < -0.3 is 9.30 Å². The Hall–Kier alpha value is -1.81. The molecule has 0 radical (unpaired) electrons. The molecule has 0 amide bonds. The van der Waals surface area contributed by atoms with Gasteiger partial charge in [0, 0.05) is 6.20 Å². The Labute approximate surface area is 185 Å². The predicted molar refractivity (Wildman–Crippen MR) is 130 cm³/mol. The summed E-state index contributed by atoms with van der Waals surface area (Å²) in [6.45, 7) is 20.7. The molecular formula is C26H41NO2Si. The largest absolute Gasteiger partial charge is 0.463 e. The van der Waals surface area contributed by atoms with Gasteiger partial charge in [0.2, 0.25) is 0 Å². The number of allylic oxidation sites excluding steroid dienone is 1. The zero-order valence-corrected chi connectivity index (χ0v) is 21.4. The molecule has 0 aromatic heterocycles. The summed E-state index contributed by atoms with van der Waals surface area (Å²) >= 11 is 0. The van der Waals surface area contributed by atoms with E-state index in [9.17, 15) is 4.79 Å². The van der Waals surface area contributed by atoms with Crippen molar-refractivity contribution in [1.82, 2.24) is 4.57 Å². The lowest BCUT2D eigenvalue weighted by molar-refractivity contribution is -0.139. The summed E-state index contributed by atoms with van der Waals surface area (Å²) in [4.78, 5) is 13.3. The monoisotopic (exact) mass is 427 g/mol. The maximum absolute atomic E-state index is 13.3. The number of rotatable bonds is 8. The Morgan fingerprint density at radius 2 is 1.50 bits per heavy atom. The van der Waals surface area contributed by atoms with Crippen molar-refractivity contribution in [2.45, 2.75) is 84.4 Å². The van der Waals surface area contributed by atoms with Crippen LogP contribution in [0.3, 0.4) is 0 Å². The number of carbonyl (C=O) groups excluding carboxylic acids is 1. The lowest BCUT2D eigenvalue weighted by atomic mass is 9.66. The second-order valence-electron chi connectivity index (χ2n) is 9.73. The fraction of sp³-hybridized carbons (Fsp3) is 0.577. The molecule has 30 heavy (non-hydrogen) atoms. The number of hydrogen-bond acceptors (Lipinski definition) is 3.